The maximum Gasteiger partial charge on any atom is 0.240 e. The van der Waals surface area contributed by atoms with Gasteiger partial charge in [0.1, 0.15) is 17.6 Å². The van der Waals surface area contributed by atoms with Crippen LogP contribution >= 0.6 is 0 Å². The number of hydrogen-bond donors (Lipinski definition) is 1. The molecule has 304 valence electrons. The molecule has 2 aliphatic heterocycles. The van der Waals surface area contributed by atoms with Gasteiger partial charge < -0.3 is 19.3 Å². The van der Waals surface area contributed by atoms with Crippen molar-refractivity contribution >= 4 is 44.4 Å². The summed E-state index contributed by atoms with van der Waals surface area (Å²) in [4.78, 5) is 69.6. The van der Waals surface area contributed by atoms with E-state index in [4.69, 9.17) is 14.5 Å². The number of carbonyl (C=O) groups excluding carboxylic acids is 4. The van der Waals surface area contributed by atoms with Crippen LogP contribution in [0, 0.1) is 22.7 Å². The number of Topliss-reactive ketones (excluding diaryl/α,β-unsaturated/α-hetero) is 1. The molecular formula is C43H53N5O8S. The van der Waals surface area contributed by atoms with E-state index >= 15 is 0 Å². The molecule has 13 nitrogen and oxygen atoms in total. The van der Waals surface area contributed by atoms with Crippen LogP contribution in [0.15, 0.2) is 61.3 Å². The van der Waals surface area contributed by atoms with E-state index in [1.807, 2.05) is 49.9 Å². The Morgan fingerprint density at radius 3 is 2.44 bits per heavy atom. The van der Waals surface area contributed by atoms with Gasteiger partial charge in [0.2, 0.25) is 27.7 Å². The lowest BCUT2D eigenvalue weighted by Gasteiger charge is -2.36. The predicted molar refractivity (Wildman–Crippen MR) is 214 cm³/mol. The van der Waals surface area contributed by atoms with Crippen LogP contribution in [0.1, 0.15) is 78.6 Å². The summed E-state index contributed by atoms with van der Waals surface area (Å²) in [6.45, 7) is 11.0. The number of fused-ring (bicyclic) bond motifs is 1. The second kappa shape index (κ2) is 15.8. The summed E-state index contributed by atoms with van der Waals surface area (Å²) in [5.41, 5.74) is -0.126. The van der Waals surface area contributed by atoms with Crippen LogP contribution in [-0.4, -0.2) is 95.8 Å². The summed E-state index contributed by atoms with van der Waals surface area (Å²) >= 11 is 0. The Bertz CT molecular complexity index is 2160. The summed E-state index contributed by atoms with van der Waals surface area (Å²) in [6.07, 6.45) is 6.60. The number of methoxy groups -OCH3 is 1. The number of hydrogen-bond acceptors (Lipinski definition) is 10. The lowest BCUT2D eigenvalue weighted by molar-refractivity contribution is -0.148. The number of piperidine rings is 1. The van der Waals surface area contributed by atoms with E-state index in [9.17, 15) is 27.6 Å². The van der Waals surface area contributed by atoms with Crippen molar-refractivity contribution in [2.45, 2.75) is 96.0 Å². The molecule has 4 heterocycles. The zero-order valence-electron chi connectivity index (χ0n) is 33.2. The van der Waals surface area contributed by atoms with Gasteiger partial charge in [0.05, 0.1) is 53.2 Å². The number of ether oxygens (including phenoxy) is 2. The smallest absolute Gasteiger partial charge is 0.240 e. The highest BCUT2D eigenvalue weighted by molar-refractivity contribution is 7.90. The van der Waals surface area contributed by atoms with E-state index in [0.717, 1.165) is 19.3 Å². The topological polar surface area (TPSA) is 165 Å². The van der Waals surface area contributed by atoms with Crippen molar-refractivity contribution in [2.24, 2.45) is 22.7 Å². The van der Waals surface area contributed by atoms with Crippen molar-refractivity contribution in [3.05, 3.63) is 61.3 Å². The Morgan fingerprint density at radius 2 is 1.81 bits per heavy atom. The molecule has 2 saturated heterocycles. The molecule has 0 spiro atoms. The second-order valence-corrected chi connectivity index (χ2v) is 19.1. The average Bonchev–Trinajstić information content (AvgIpc) is 4.13. The first-order chi connectivity index (χ1) is 27.1. The minimum Gasteiger partial charge on any atom is -0.497 e. The number of pyridine rings is 2. The molecule has 0 radical (unpaired) electrons. The molecular weight excluding hydrogens is 747 g/mol. The average molecular weight is 800 g/mol. The highest BCUT2D eigenvalue weighted by atomic mass is 32.2. The fourth-order valence-electron chi connectivity index (χ4n) is 8.38. The van der Waals surface area contributed by atoms with Gasteiger partial charge in [-0.2, -0.15) is 0 Å². The standard InChI is InChI=1S/C43H53N5O8S/c1-6-27-24-43(27,41(52)46-57(53,54)30-14-15-30)25-37(49)36-21-29(26-48(36)40(51)32(42(2,3)4)22-39(50)47-18-10-7-11-19-47)56-38-23-35(33-12-8-9-17-44-33)45-34-20-28(55-5)13-16-31(34)38/h6,8-9,12-13,16-17,20,23,27,29-30,32,36H,1,7,10-11,14-15,18-19,21-22,24-26H2,2-5H3,(H,46,52)/t27-,29-,32-,36+,43-/m1/s1. The molecule has 2 saturated carbocycles. The molecule has 2 aliphatic carbocycles. The Labute approximate surface area is 334 Å². The van der Waals surface area contributed by atoms with Gasteiger partial charge in [-0.3, -0.25) is 28.9 Å². The van der Waals surface area contributed by atoms with Crippen LogP contribution in [-0.2, 0) is 29.2 Å². The van der Waals surface area contributed by atoms with Crippen molar-refractivity contribution in [2.75, 3.05) is 26.7 Å². The number of rotatable bonds is 14. The number of benzene rings is 1. The van der Waals surface area contributed by atoms with Crippen molar-refractivity contribution < 1.29 is 37.1 Å². The monoisotopic (exact) mass is 799 g/mol. The highest BCUT2D eigenvalue weighted by Crippen LogP contribution is 2.57. The third kappa shape index (κ3) is 8.56. The summed E-state index contributed by atoms with van der Waals surface area (Å²) in [5, 5.41) is 0.0867. The minimum absolute atomic E-state index is 0.000559. The Hall–Kier alpha value is -4.85. The number of likely N-dealkylation sites (tertiary alicyclic amines) is 2. The highest BCUT2D eigenvalue weighted by Gasteiger charge is 2.61. The number of carbonyl (C=O) groups is 4. The van der Waals surface area contributed by atoms with Gasteiger partial charge in [-0.25, -0.2) is 13.4 Å². The fraction of sp³-hybridized carbons (Fsp3) is 0.535. The van der Waals surface area contributed by atoms with E-state index in [1.165, 1.54) is 4.90 Å². The Balaban J connectivity index is 1.21. The quantitative estimate of drug-likeness (QED) is 0.207. The van der Waals surface area contributed by atoms with Gasteiger partial charge in [0.25, 0.3) is 0 Å². The van der Waals surface area contributed by atoms with Crippen LogP contribution in [0.2, 0.25) is 0 Å². The summed E-state index contributed by atoms with van der Waals surface area (Å²) in [6, 6.07) is 11.8. The normalized spacial score (nSPS) is 24.1. The first-order valence-electron chi connectivity index (χ1n) is 20.0. The molecule has 4 fully saturated rings. The zero-order valence-corrected chi connectivity index (χ0v) is 34.1. The maximum atomic E-state index is 14.9. The first kappa shape index (κ1) is 40.4. The van der Waals surface area contributed by atoms with Gasteiger partial charge in [-0.1, -0.05) is 32.9 Å². The molecule has 5 atom stereocenters. The first-order valence-corrected chi connectivity index (χ1v) is 21.5. The van der Waals surface area contributed by atoms with E-state index in [0.29, 0.717) is 59.7 Å². The second-order valence-electron chi connectivity index (χ2n) is 17.2. The molecule has 1 N–H and O–H groups in total. The molecule has 3 amide bonds. The number of amides is 3. The van der Waals surface area contributed by atoms with E-state index in [-0.39, 0.29) is 49.8 Å². The van der Waals surface area contributed by atoms with Gasteiger partial charge in [-0.05, 0) is 74.1 Å². The van der Waals surface area contributed by atoms with Gasteiger partial charge in [-0.15, -0.1) is 6.58 Å². The van der Waals surface area contributed by atoms with Gasteiger partial charge >= 0.3 is 0 Å². The molecule has 3 aromatic rings. The third-order valence-corrected chi connectivity index (χ3v) is 13.9. The van der Waals surface area contributed by atoms with Gasteiger partial charge in [0.15, 0.2) is 5.78 Å². The minimum atomic E-state index is -3.86. The number of allylic oxidation sites excluding steroid dienone is 1. The number of ketones is 1. The molecule has 0 unspecified atom stereocenters. The number of aromatic nitrogens is 2. The molecule has 4 aliphatic rings. The molecule has 57 heavy (non-hydrogen) atoms. The lowest BCUT2D eigenvalue weighted by atomic mass is 9.77. The van der Waals surface area contributed by atoms with Crippen molar-refractivity contribution in [1.29, 1.82) is 0 Å². The van der Waals surface area contributed by atoms with Crippen LogP contribution in [0.3, 0.4) is 0 Å². The van der Waals surface area contributed by atoms with Crippen LogP contribution in [0.4, 0.5) is 0 Å². The largest absolute Gasteiger partial charge is 0.497 e. The maximum absolute atomic E-state index is 14.9. The molecule has 7 rings (SSSR count). The number of nitrogens with zero attached hydrogens (tertiary/aromatic N) is 4. The van der Waals surface area contributed by atoms with Crippen molar-refractivity contribution in [3.63, 3.8) is 0 Å². The summed E-state index contributed by atoms with van der Waals surface area (Å²) in [7, 11) is -2.29. The lowest BCUT2D eigenvalue weighted by Crippen LogP contribution is -2.49. The SMILES string of the molecule is C=C[C@@H]1C[C@]1(CC(=O)[C@@H]1C[C@@H](Oc2cc(-c3ccccn3)nc3cc(OC)ccc23)CN1C(=O)[C@@H](CC(=O)N1CCCCC1)C(C)(C)C)C(=O)NS(=O)(=O)C1CC1. The Kier molecular flexibility index (Phi) is 11.2. The summed E-state index contributed by atoms with van der Waals surface area (Å²) < 4.78 is 40.2. The van der Waals surface area contributed by atoms with Crippen LogP contribution < -0.4 is 14.2 Å². The fourth-order valence-corrected chi connectivity index (χ4v) is 9.76. The van der Waals surface area contributed by atoms with Crippen LogP contribution in [0.5, 0.6) is 11.5 Å². The predicted octanol–water partition coefficient (Wildman–Crippen LogP) is 5.48. The molecule has 14 heteroatoms. The number of sulfonamides is 1. The zero-order chi connectivity index (χ0) is 40.7. The van der Waals surface area contributed by atoms with E-state index in [2.05, 4.69) is 16.3 Å². The van der Waals surface area contributed by atoms with Crippen molar-refractivity contribution in [1.82, 2.24) is 24.5 Å². The molecule has 2 aromatic heterocycles. The van der Waals surface area contributed by atoms with E-state index in [1.54, 1.807) is 37.6 Å². The molecule has 0 bridgehead atoms. The summed E-state index contributed by atoms with van der Waals surface area (Å²) in [5.74, 6) is -1.55. The Morgan fingerprint density at radius 1 is 1.05 bits per heavy atom. The van der Waals surface area contributed by atoms with E-state index < -0.39 is 56.0 Å². The number of nitrogens with one attached hydrogen (secondary N) is 1. The van der Waals surface area contributed by atoms with Gasteiger partial charge in [0, 0.05) is 56.1 Å². The third-order valence-electron chi connectivity index (χ3n) is 12.1. The molecule has 1 aromatic carbocycles. The van der Waals surface area contributed by atoms with Crippen LogP contribution in [0.25, 0.3) is 22.3 Å². The van der Waals surface area contributed by atoms with Crippen molar-refractivity contribution in [3.8, 4) is 22.9 Å².